The van der Waals surface area contributed by atoms with Crippen molar-refractivity contribution in [1.29, 1.82) is 0 Å². The average Bonchev–Trinajstić information content (AvgIpc) is 3.19. The lowest BCUT2D eigenvalue weighted by molar-refractivity contribution is -0.0646. The third kappa shape index (κ3) is 7.36. The number of ether oxygens (including phenoxy) is 4. The van der Waals surface area contributed by atoms with Gasteiger partial charge in [-0.05, 0) is 55.3 Å². The number of aliphatic hydroxyl groups is 1. The van der Waals surface area contributed by atoms with Crippen molar-refractivity contribution in [3.05, 3.63) is 71.3 Å². The van der Waals surface area contributed by atoms with Crippen LogP contribution < -0.4 is 14.2 Å². The number of aromatic nitrogens is 2. The molecule has 2 aromatic carbocycles. The lowest BCUT2D eigenvalue weighted by Crippen LogP contribution is -2.48. The number of hydrogen-bond acceptors (Lipinski definition) is 7. The van der Waals surface area contributed by atoms with Crippen molar-refractivity contribution in [1.82, 2.24) is 14.5 Å². The summed E-state index contributed by atoms with van der Waals surface area (Å²) in [4.78, 5) is 6.43. The molecule has 2 heterocycles. The first-order valence-electron chi connectivity index (χ1n) is 12.1. The molecule has 0 spiro atoms. The molecule has 0 aliphatic carbocycles. The molecule has 0 radical (unpaired) electrons. The highest BCUT2D eigenvalue weighted by molar-refractivity contribution is 6.30. The Morgan fingerprint density at radius 3 is 2.72 bits per heavy atom. The molecule has 8 nitrogen and oxygen atoms in total. The van der Waals surface area contributed by atoms with E-state index in [1.54, 1.807) is 37.6 Å². The van der Waals surface area contributed by atoms with E-state index in [9.17, 15) is 5.11 Å². The van der Waals surface area contributed by atoms with Crippen molar-refractivity contribution < 1.29 is 24.1 Å². The van der Waals surface area contributed by atoms with Gasteiger partial charge >= 0.3 is 0 Å². The molecule has 3 aromatic rings. The molecule has 36 heavy (non-hydrogen) atoms. The van der Waals surface area contributed by atoms with Gasteiger partial charge in [0.2, 0.25) is 0 Å². The van der Waals surface area contributed by atoms with Crippen LogP contribution in [0, 0.1) is 6.92 Å². The Bertz CT molecular complexity index is 1110. The van der Waals surface area contributed by atoms with Crippen LogP contribution in [-0.2, 0) is 17.8 Å². The minimum atomic E-state index is -1.13. The molecule has 1 fully saturated rings. The molecule has 0 unspecified atom stereocenters. The predicted molar refractivity (Wildman–Crippen MR) is 138 cm³/mol. The molecular weight excluding hydrogens is 482 g/mol. The van der Waals surface area contributed by atoms with E-state index in [2.05, 4.69) is 14.5 Å². The van der Waals surface area contributed by atoms with Gasteiger partial charge in [0.25, 0.3) is 0 Å². The second-order valence-electron chi connectivity index (χ2n) is 9.09. The summed E-state index contributed by atoms with van der Waals surface area (Å²) in [6.45, 7) is 6.05. The van der Waals surface area contributed by atoms with E-state index >= 15 is 0 Å². The minimum Gasteiger partial charge on any atom is -0.493 e. The number of hydrogen-bond donors (Lipinski definition) is 1. The van der Waals surface area contributed by atoms with Gasteiger partial charge in [0.05, 0.1) is 26.9 Å². The fraction of sp³-hybridized carbons (Fsp3) is 0.444. The van der Waals surface area contributed by atoms with E-state index in [1.807, 2.05) is 31.3 Å². The summed E-state index contributed by atoms with van der Waals surface area (Å²) < 4.78 is 25.2. The maximum absolute atomic E-state index is 11.2. The zero-order chi connectivity index (χ0) is 25.4. The van der Waals surface area contributed by atoms with Crippen LogP contribution in [0.3, 0.4) is 0 Å². The molecule has 0 amide bonds. The zero-order valence-corrected chi connectivity index (χ0v) is 21.6. The normalized spacial score (nSPS) is 18.6. The SMILES string of the molecule is COc1ccc(CN2CCOC[C@](O)(COc3ccc(Cl)cc3)C2)cc1OCCCn1ccnc1C. The van der Waals surface area contributed by atoms with E-state index in [0.717, 1.165) is 24.4 Å². The van der Waals surface area contributed by atoms with Gasteiger partial charge in [0.1, 0.15) is 23.8 Å². The standard InChI is InChI=1S/C27H34ClN3O5/c1-21-29-10-12-31(21)11-3-14-35-26-16-22(4-9-25(26)33-2)17-30-13-15-34-19-27(32,18-30)20-36-24-7-5-23(28)6-8-24/h4-10,12,16,32H,3,11,13-15,17-20H2,1-2H3/t27-/m0/s1. The number of imidazole rings is 1. The Morgan fingerprint density at radius 2 is 1.97 bits per heavy atom. The topological polar surface area (TPSA) is 78.2 Å². The summed E-state index contributed by atoms with van der Waals surface area (Å²) in [5, 5.41) is 11.9. The molecule has 0 saturated carbocycles. The zero-order valence-electron chi connectivity index (χ0n) is 20.9. The lowest BCUT2D eigenvalue weighted by Gasteiger charge is -2.30. The molecule has 9 heteroatoms. The van der Waals surface area contributed by atoms with Gasteiger partial charge < -0.3 is 28.6 Å². The van der Waals surface area contributed by atoms with Crippen molar-refractivity contribution in [2.24, 2.45) is 0 Å². The first kappa shape index (κ1) is 26.3. The summed E-state index contributed by atoms with van der Waals surface area (Å²) in [5.74, 6) is 3.06. The van der Waals surface area contributed by atoms with Crippen molar-refractivity contribution >= 4 is 11.6 Å². The molecule has 4 rings (SSSR count). The molecule has 1 aromatic heterocycles. The number of nitrogens with zero attached hydrogens (tertiary/aromatic N) is 3. The summed E-state index contributed by atoms with van der Waals surface area (Å²) >= 11 is 5.95. The van der Waals surface area contributed by atoms with E-state index in [1.165, 1.54) is 0 Å². The number of halogens is 1. The number of aryl methyl sites for hydroxylation is 2. The fourth-order valence-electron chi connectivity index (χ4n) is 4.22. The van der Waals surface area contributed by atoms with Gasteiger partial charge in [-0.1, -0.05) is 17.7 Å². The van der Waals surface area contributed by atoms with Gasteiger partial charge in [-0.15, -0.1) is 0 Å². The number of rotatable bonds is 11. The summed E-state index contributed by atoms with van der Waals surface area (Å²) in [6.07, 6.45) is 4.64. The molecule has 1 aliphatic heterocycles. The van der Waals surface area contributed by atoms with Crippen molar-refractivity contribution in [2.75, 3.05) is 46.6 Å². The van der Waals surface area contributed by atoms with Crippen LogP contribution in [0.4, 0.5) is 0 Å². The van der Waals surface area contributed by atoms with Crippen LogP contribution in [-0.4, -0.2) is 71.8 Å². The molecule has 1 atom stereocenters. The van der Waals surface area contributed by atoms with E-state index in [4.69, 9.17) is 30.5 Å². The molecule has 1 N–H and O–H groups in total. The summed E-state index contributed by atoms with van der Waals surface area (Å²) in [5.41, 5.74) is -0.0629. The van der Waals surface area contributed by atoms with Crippen LogP contribution in [0.25, 0.3) is 0 Å². The molecule has 194 valence electrons. The van der Waals surface area contributed by atoms with Gasteiger partial charge in [-0.3, -0.25) is 4.90 Å². The van der Waals surface area contributed by atoms with Gasteiger partial charge in [-0.2, -0.15) is 0 Å². The Balaban J connectivity index is 1.34. The quantitative estimate of drug-likeness (QED) is 0.387. The van der Waals surface area contributed by atoms with E-state index in [0.29, 0.717) is 55.1 Å². The maximum atomic E-state index is 11.2. The molecule has 1 aliphatic rings. The highest BCUT2D eigenvalue weighted by Crippen LogP contribution is 2.29. The van der Waals surface area contributed by atoms with Crippen LogP contribution in [0.1, 0.15) is 17.8 Å². The second-order valence-corrected chi connectivity index (χ2v) is 9.52. The predicted octanol–water partition coefficient (Wildman–Crippen LogP) is 3.96. The second kappa shape index (κ2) is 12.5. The first-order valence-corrected chi connectivity index (χ1v) is 12.5. The molecule has 1 saturated heterocycles. The third-order valence-electron chi connectivity index (χ3n) is 6.12. The minimum absolute atomic E-state index is 0.124. The van der Waals surface area contributed by atoms with E-state index < -0.39 is 5.60 Å². The fourth-order valence-corrected chi connectivity index (χ4v) is 4.34. The van der Waals surface area contributed by atoms with Crippen molar-refractivity contribution in [3.8, 4) is 17.2 Å². The van der Waals surface area contributed by atoms with Crippen molar-refractivity contribution in [2.45, 2.75) is 32.0 Å². The van der Waals surface area contributed by atoms with Crippen LogP contribution in [0.2, 0.25) is 5.02 Å². The van der Waals surface area contributed by atoms with Gasteiger partial charge in [0.15, 0.2) is 11.5 Å². The van der Waals surface area contributed by atoms with E-state index in [-0.39, 0.29) is 13.2 Å². The number of methoxy groups -OCH3 is 1. The molecular formula is C27H34ClN3O5. The highest BCUT2D eigenvalue weighted by atomic mass is 35.5. The number of β-amino-alcohol motifs (C(OH)–C–C–N with tert-alkyl or cyclic N) is 1. The van der Waals surface area contributed by atoms with Crippen LogP contribution in [0.15, 0.2) is 54.9 Å². The average molecular weight is 516 g/mol. The molecule has 0 bridgehead atoms. The Labute approximate surface area is 217 Å². The van der Waals surface area contributed by atoms with Crippen LogP contribution >= 0.6 is 11.6 Å². The monoisotopic (exact) mass is 515 g/mol. The summed E-state index contributed by atoms with van der Waals surface area (Å²) in [6, 6.07) is 13.1. The maximum Gasteiger partial charge on any atom is 0.161 e. The highest BCUT2D eigenvalue weighted by Gasteiger charge is 2.33. The van der Waals surface area contributed by atoms with Crippen LogP contribution in [0.5, 0.6) is 17.2 Å². The lowest BCUT2D eigenvalue weighted by atomic mass is 10.1. The smallest absolute Gasteiger partial charge is 0.161 e. The summed E-state index contributed by atoms with van der Waals surface area (Å²) in [7, 11) is 1.64. The third-order valence-corrected chi connectivity index (χ3v) is 6.37. The Morgan fingerprint density at radius 1 is 1.14 bits per heavy atom. The van der Waals surface area contributed by atoms with Gasteiger partial charge in [0, 0.05) is 43.6 Å². The first-order chi connectivity index (χ1) is 17.4. The Kier molecular flexibility index (Phi) is 9.09. The van der Waals surface area contributed by atoms with Crippen molar-refractivity contribution in [3.63, 3.8) is 0 Å². The largest absolute Gasteiger partial charge is 0.493 e. The van der Waals surface area contributed by atoms with Gasteiger partial charge in [-0.25, -0.2) is 4.98 Å². The Hall–Kier alpha value is -2.78. The number of benzene rings is 2.